The fraction of sp³-hybridized carbons (Fsp3) is 0.591. The molecular formula is C22H29N3O5. The Balaban J connectivity index is 1.47. The second-order valence-corrected chi connectivity index (χ2v) is 8.91. The maximum Gasteiger partial charge on any atom is 0.411 e. The molecule has 0 unspecified atom stereocenters. The number of rotatable bonds is 2. The molecule has 2 saturated heterocycles. The van der Waals surface area contributed by atoms with Gasteiger partial charge in [0.1, 0.15) is 17.2 Å². The van der Waals surface area contributed by atoms with Gasteiger partial charge in [-0.2, -0.15) is 0 Å². The average Bonchev–Trinajstić information content (AvgIpc) is 3.16. The molecule has 0 spiro atoms. The molecule has 8 heteroatoms. The number of aromatic nitrogens is 1. The SMILES string of the molecule is CC(C)(C)OC(=O)N1CCOC[C@H]1C(=O)N1CCC[C@H](c2nc3ccccc3o2)C1. The van der Waals surface area contributed by atoms with Gasteiger partial charge in [-0.15, -0.1) is 0 Å². The van der Waals surface area contributed by atoms with Gasteiger partial charge in [0.05, 0.1) is 19.1 Å². The molecule has 2 fully saturated rings. The summed E-state index contributed by atoms with van der Waals surface area (Å²) in [5, 5.41) is 0. The number of piperidine rings is 1. The molecule has 0 bridgehead atoms. The topological polar surface area (TPSA) is 85.1 Å². The molecule has 1 aromatic carbocycles. The number of fused-ring (bicyclic) bond motifs is 1. The zero-order valence-corrected chi connectivity index (χ0v) is 17.8. The summed E-state index contributed by atoms with van der Waals surface area (Å²) in [6.07, 6.45) is 1.29. The fourth-order valence-electron chi connectivity index (χ4n) is 4.00. The van der Waals surface area contributed by atoms with Crippen molar-refractivity contribution >= 4 is 23.1 Å². The number of nitrogens with zero attached hydrogens (tertiary/aromatic N) is 3. The molecule has 3 heterocycles. The predicted molar refractivity (Wildman–Crippen MR) is 110 cm³/mol. The number of oxazole rings is 1. The van der Waals surface area contributed by atoms with Crippen molar-refractivity contribution in [3.8, 4) is 0 Å². The molecule has 0 saturated carbocycles. The zero-order valence-electron chi connectivity index (χ0n) is 17.8. The molecule has 0 aliphatic carbocycles. The quantitative estimate of drug-likeness (QED) is 0.749. The van der Waals surface area contributed by atoms with Crippen molar-refractivity contribution in [3.05, 3.63) is 30.2 Å². The summed E-state index contributed by atoms with van der Waals surface area (Å²) in [4.78, 5) is 33.9. The van der Waals surface area contributed by atoms with E-state index in [0.717, 1.165) is 23.9 Å². The fourth-order valence-corrected chi connectivity index (χ4v) is 4.00. The van der Waals surface area contributed by atoms with Crippen molar-refractivity contribution in [2.24, 2.45) is 0 Å². The number of amides is 2. The zero-order chi connectivity index (χ0) is 21.3. The summed E-state index contributed by atoms with van der Waals surface area (Å²) in [6, 6.07) is 7.00. The maximum atomic E-state index is 13.3. The van der Waals surface area contributed by atoms with Crippen LogP contribution in [0.15, 0.2) is 28.7 Å². The van der Waals surface area contributed by atoms with Crippen molar-refractivity contribution in [2.45, 2.75) is 51.2 Å². The van der Waals surface area contributed by atoms with E-state index in [1.54, 1.807) is 4.90 Å². The van der Waals surface area contributed by atoms with Gasteiger partial charge in [-0.05, 0) is 45.7 Å². The highest BCUT2D eigenvalue weighted by Crippen LogP contribution is 2.30. The Kier molecular flexibility index (Phi) is 5.69. The van der Waals surface area contributed by atoms with Crippen molar-refractivity contribution in [1.82, 2.24) is 14.8 Å². The Hall–Kier alpha value is -2.61. The van der Waals surface area contributed by atoms with E-state index >= 15 is 0 Å². The van der Waals surface area contributed by atoms with Crippen LogP contribution in [0.2, 0.25) is 0 Å². The maximum absolute atomic E-state index is 13.3. The molecule has 2 amide bonds. The monoisotopic (exact) mass is 415 g/mol. The Bertz CT molecular complexity index is 886. The minimum Gasteiger partial charge on any atom is -0.444 e. The third kappa shape index (κ3) is 4.43. The number of para-hydroxylation sites is 2. The normalized spacial score (nSPS) is 22.9. The molecule has 2 atom stereocenters. The summed E-state index contributed by atoms with van der Waals surface area (Å²) in [5.41, 5.74) is 0.965. The van der Waals surface area contributed by atoms with Crippen LogP contribution in [-0.2, 0) is 14.3 Å². The lowest BCUT2D eigenvalue weighted by molar-refractivity contribution is -0.144. The average molecular weight is 415 g/mol. The van der Waals surface area contributed by atoms with E-state index in [0.29, 0.717) is 32.1 Å². The molecular weight excluding hydrogens is 386 g/mol. The first kappa shape index (κ1) is 20.7. The van der Waals surface area contributed by atoms with Gasteiger partial charge in [-0.25, -0.2) is 9.78 Å². The van der Waals surface area contributed by atoms with Crippen LogP contribution in [0.3, 0.4) is 0 Å². The predicted octanol–water partition coefficient (Wildman–Crippen LogP) is 3.17. The Morgan fingerprint density at radius 2 is 2.00 bits per heavy atom. The summed E-state index contributed by atoms with van der Waals surface area (Å²) in [6.45, 7) is 7.54. The first-order valence-corrected chi connectivity index (χ1v) is 10.5. The van der Waals surface area contributed by atoms with Gasteiger partial charge in [0.25, 0.3) is 0 Å². The van der Waals surface area contributed by atoms with Crippen LogP contribution in [0, 0.1) is 0 Å². The van der Waals surface area contributed by atoms with Crippen LogP contribution >= 0.6 is 0 Å². The Labute approximate surface area is 176 Å². The van der Waals surface area contributed by atoms with Crippen LogP contribution in [-0.4, -0.2) is 71.3 Å². The Morgan fingerprint density at radius 3 is 2.77 bits per heavy atom. The minimum atomic E-state index is -0.670. The molecule has 0 N–H and O–H groups in total. The lowest BCUT2D eigenvalue weighted by Gasteiger charge is -2.40. The molecule has 2 aromatic rings. The largest absolute Gasteiger partial charge is 0.444 e. The number of likely N-dealkylation sites (tertiary alicyclic amines) is 1. The highest BCUT2D eigenvalue weighted by Gasteiger charge is 2.39. The van der Waals surface area contributed by atoms with Gasteiger partial charge < -0.3 is 18.8 Å². The van der Waals surface area contributed by atoms with Crippen LogP contribution < -0.4 is 0 Å². The summed E-state index contributed by atoms with van der Waals surface area (Å²) in [5.74, 6) is 0.591. The molecule has 0 radical (unpaired) electrons. The highest BCUT2D eigenvalue weighted by molar-refractivity contribution is 5.86. The van der Waals surface area contributed by atoms with Crippen molar-refractivity contribution < 1.29 is 23.5 Å². The summed E-state index contributed by atoms with van der Waals surface area (Å²) >= 11 is 0. The van der Waals surface area contributed by atoms with E-state index in [2.05, 4.69) is 4.98 Å². The van der Waals surface area contributed by atoms with Crippen LogP contribution in [0.25, 0.3) is 11.1 Å². The van der Waals surface area contributed by atoms with Crippen LogP contribution in [0.4, 0.5) is 4.79 Å². The van der Waals surface area contributed by atoms with Gasteiger partial charge in [-0.1, -0.05) is 12.1 Å². The van der Waals surface area contributed by atoms with E-state index in [1.165, 1.54) is 4.90 Å². The van der Waals surface area contributed by atoms with E-state index < -0.39 is 17.7 Å². The lowest BCUT2D eigenvalue weighted by atomic mass is 9.97. The highest BCUT2D eigenvalue weighted by atomic mass is 16.6. The van der Waals surface area contributed by atoms with E-state index in [-0.39, 0.29) is 18.4 Å². The van der Waals surface area contributed by atoms with Crippen LogP contribution in [0.5, 0.6) is 0 Å². The molecule has 30 heavy (non-hydrogen) atoms. The van der Waals surface area contributed by atoms with Gasteiger partial charge in [0.2, 0.25) is 5.91 Å². The minimum absolute atomic E-state index is 0.0367. The third-order valence-corrected chi connectivity index (χ3v) is 5.43. The number of hydrogen-bond acceptors (Lipinski definition) is 6. The standard InChI is InChI=1S/C22H29N3O5/c1-22(2,3)30-21(27)25-11-12-28-14-17(25)20(26)24-10-6-7-15(13-24)19-23-16-8-4-5-9-18(16)29-19/h4-5,8-9,15,17H,6-7,10-14H2,1-3H3/t15-,17-/m0/s1. The molecule has 162 valence electrons. The van der Waals surface area contributed by atoms with Crippen molar-refractivity contribution in [3.63, 3.8) is 0 Å². The first-order chi connectivity index (χ1) is 14.3. The molecule has 2 aliphatic heterocycles. The van der Waals surface area contributed by atoms with Gasteiger partial charge >= 0.3 is 6.09 Å². The van der Waals surface area contributed by atoms with Crippen LogP contribution in [0.1, 0.15) is 45.4 Å². The smallest absolute Gasteiger partial charge is 0.411 e. The van der Waals surface area contributed by atoms with Gasteiger partial charge in [0.15, 0.2) is 11.5 Å². The Morgan fingerprint density at radius 1 is 1.20 bits per heavy atom. The number of benzene rings is 1. The summed E-state index contributed by atoms with van der Waals surface area (Å²) in [7, 11) is 0. The number of ether oxygens (including phenoxy) is 2. The molecule has 2 aliphatic rings. The number of morpholine rings is 1. The van der Waals surface area contributed by atoms with Gasteiger partial charge in [-0.3, -0.25) is 9.69 Å². The lowest BCUT2D eigenvalue weighted by Crippen LogP contribution is -2.58. The number of carbonyl (C=O) groups is 2. The second kappa shape index (κ2) is 8.26. The number of hydrogen-bond donors (Lipinski definition) is 0. The van der Waals surface area contributed by atoms with E-state index in [9.17, 15) is 9.59 Å². The summed E-state index contributed by atoms with van der Waals surface area (Å²) < 4.78 is 17.0. The first-order valence-electron chi connectivity index (χ1n) is 10.5. The van der Waals surface area contributed by atoms with Crippen molar-refractivity contribution in [2.75, 3.05) is 32.8 Å². The second-order valence-electron chi connectivity index (χ2n) is 8.91. The molecule has 8 nitrogen and oxygen atoms in total. The molecule has 4 rings (SSSR count). The molecule has 1 aromatic heterocycles. The van der Waals surface area contributed by atoms with E-state index in [4.69, 9.17) is 13.9 Å². The van der Waals surface area contributed by atoms with E-state index in [1.807, 2.05) is 45.0 Å². The third-order valence-electron chi connectivity index (χ3n) is 5.43. The van der Waals surface area contributed by atoms with Gasteiger partial charge in [0, 0.05) is 19.6 Å². The van der Waals surface area contributed by atoms with Crippen molar-refractivity contribution in [1.29, 1.82) is 0 Å². The number of carbonyl (C=O) groups excluding carboxylic acids is 2.